The molecule has 4 unspecified atom stereocenters. The van der Waals surface area contributed by atoms with Gasteiger partial charge in [-0.1, -0.05) is 18.2 Å². The van der Waals surface area contributed by atoms with Crippen LogP contribution >= 0.6 is 0 Å². The Morgan fingerprint density at radius 2 is 1.55 bits per heavy atom. The predicted octanol–water partition coefficient (Wildman–Crippen LogP) is -0.410. The second kappa shape index (κ2) is 14.7. The van der Waals surface area contributed by atoms with Gasteiger partial charge in [0.15, 0.2) is 0 Å². The summed E-state index contributed by atoms with van der Waals surface area (Å²) in [5.41, 5.74) is 13.4. The zero-order valence-corrected chi connectivity index (χ0v) is 21.2. The van der Waals surface area contributed by atoms with Gasteiger partial charge in [-0.2, -0.15) is 0 Å². The van der Waals surface area contributed by atoms with Crippen LogP contribution in [0.25, 0.3) is 10.9 Å². The Bertz CT molecular complexity index is 1130. The van der Waals surface area contributed by atoms with Crippen molar-refractivity contribution in [2.45, 2.75) is 69.6 Å². The number of H-pyrrole nitrogens is 1. The summed E-state index contributed by atoms with van der Waals surface area (Å²) in [6.45, 7) is 1.61. The van der Waals surface area contributed by atoms with Gasteiger partial charge < -0.3 is 42.6 Å². The molecule has 38 heavy (non-hydrogen) atoms. The number of rotatable bonds is 16. The van der Waals surface area contributed by atoms with Gasteiger partial charge in [-0.3, -0.25) is 24.0 Å². The molecule has 0 aliphatic heterocycles. The summed E-state index contributed by atoms with van der Waals surface area (Å²) in [7, 11) is 0. The minimum Gasteiger partial charge on any atom is -0.481 e. The minimum atomic E-state index is -1.32. The normalized spacial score (nSPS) is 14.2. The van der Waals surface area contributed by atoms with E-state index in [1.54, 1.807) is 6.20 Å². The Labute approximate surface area is 219 Å². The number of para-hydroxylation sites is 1. The molecule has 2 rings (SSSR count). The number of amides is 3. The highest BCUT2D eigenvalue weighted by molar-refractivity contribution is 5.94. The van der Waals surface area contributed by atoms with Crippen LogP contribution in [-0.4, -0.2) is 75.6 Å². The summed E-state index contributed by atoms with van der Waals surface area (Å²) in [6, 6.07) is 2.94. The van der Waals surface area contributed by atoms with Crippen molar-refractivity contribution < 1.29 is 34.2 Å². The Hall–Kier alpha value is -3.97. The lowest BCUT2D eigenvalue weighted by Crippen LogP contribution is -2.57. The molecule has 0 radical (unpaired) electrons. The van der Waals surface area contributed by atoms with E-state index in [0.29, 0.717) is 19.4 Å². The highest BCUT2D eigenvalue weighted by atomic mass is 16.4. The third-order valence-corrected chi connectivity index (χ3v) is 6.04. The lowest BCUT2D eigenvalue weighted by atomic mass is 10.0. The molecule has 2 aromatic rings. The average molecular weight is 533 g/mol. The number of unbranched alkanes of at least 4 members (excludes halogenated alkanes) is 1. The van der Waals surface area contributed by atoms with Crippen LogP contribution in [0, 0.1) is 0 Å². The van der Waals surface area contributed by atoms with Crippen molar-refractivity contribution in [2.24, 2.45) is 11.5 Å². The number of nitrogens with two attached hydrogens (primary N) is 2. The van der Waals surface area contributed by atoms with Crippen LogP contribution in [-0.2, 0) is 30.4 Å². The smallest absolute Gasteiger partial charge is 0.325 e. The zero-order chi connectivity index (χ0) is 28.2. The lowest BCUT2D eigenvalue weighted by molar-refractivity contribution is -0.142. The van der Waals surface area contributed by atoms with Crippen LogP contribution in [0.3, 0.4) is 0 Å². The van der Waals surface area contributed by atoms with E-state index in [9.17, 15) is 24.0 Å². The number of hydrogen-bond donors (Lipinski definition) is 8. The Morgan fingerprint density at radius 1 is 0.921 bits per heavy atom. The summed E-state index contributed by atoms with van der Waals surface area (Å²) in [4.78, 5) is 63.9. The molecule has 1 heterocycles. The van der Waals surface area contributed by atoms with Gasteiger partial charge in [0, 0.05) is 23.5 Å². The number of nitrogens with one attached hydrogen (secondary N) is 4. The van der Waals surface area contributed by atoms with E-state index in [4.69, 9.17) is 21.7 Å². The summed E-state index contributed by atoms with van der Waals surface area (Å²) in [5.74, 6) is -4.63. The van der Waals surface area contributed by atoms with Gasteiger partial charge in [0.2, 0.25) is 17.7 Å². The molecule has 4 atom stereocenters. The molecule has 3 amide bonds. The fraction of sp³-hybridized carbons (Fsp3) is 0.480. The van der Waals surface area contributed by atoms with E-state index < -0.39 is 60.2 Å². The maximum absolute atomic E-state index is 13.1. The van der Waals surface area contributed by atoms with Crippen molar-refractivity contribution in [3.8, 4) is 0 Å². The van der Waals surface area contributed by atoms with Crippen LogP contribution in [0.15, 0.2) is 30.5 Å². The molecule has 0 saturated carbocycles. The number of fused-ring (bicyclic) bond motifs is 1. The molecule has 10 N–H and O–H groups in total. The van der Waals surface area contributed by atoms with Crippen molar-refractivity contribution in [1.82, 2.24) is 20.9 Å². The van der Waals surface area contributed by atoms with E-state index in [2.05, 4.69) is 20.9 Å². The first-order valence-corrected chi connectivity index (χ1v) is 12.4. The van der Waals surface area contributed by atoms with E-state index in [-0.39, 0.29) is 19.3 Å². The zero-order valence-electron chi connectivity index (χ0n) is 21.2. The van der Waals surface area contributed by atoms with E-state index >= 15 is 0 Å². The molecule has 13 nitrogen and oxygen atoms in total. The Balaban J connectivity index is 2.12. The highest BCUT2D eigenvalue weighted by Crippen LogP contribution is 2.19. The van der Waals surface area contributed by atoms with Gasteiger partial charge >= 0.3 is 11.9 Å². The molecule has 1 aromatic heterocycles. The van der Waals surface area contributed by atoms with Crippen molar-refractivity contribution in [2.75, 3.05) is 6.54 Å². The van der Waals surface area contributed by atoms with Gasteiger partial charge in [-0.05, 0) is 57.2 Å². The first-order chi connectivity index (χ1) is 18.0. The van der Waals surface area contributed by atoms with Crippen molar-refractivity contribution in [3.63, 3.8) is 0 Å². The largest absolute Gasteiger partial charge is 0.481 e. The molecule has 0 bridgehead atoms. The molecular weight excluding hydrogens is 496 g/mol. The first-order valence-electron chi connectivity index (χ1n) is 12.4. The molecule has 0 spiro atoms. The molecule has 0 saturated heterocycles. The fourth-order valence-electron chi connectivity index (χ4n) is 3.86. The van der Waals surface area contributed by atoms with Crippen molar-refractivity contribution >= 4 is 40.6 Å². The van der Waals surface area contributed by atoms with E-state index in [0.717, 1.165) is 16.5 Å². The monoisotopic (exact) mass is 532 g/mol. The molecule has 208 valence electrons. The summed E-state index contributed by atoms with van der Waals surface area (Å²) < 4.78 is 0. The van der Waals surface area contributed by atoms with Crippen LogP contribution in [0.5, 0.6) is 0 Å². The van der Waals surface area contributed by atoms with Gasteiger partial charge in [-0.25, -0.2) is 0 Å². The number of carboxylic acid groups (broad SMARTS) is 2. The number of carbonyl (C=O) groups is 5. The molecular formula is C25H36N6O7. The van der Waals surface area contributed by atoms with Crippen molar-refractivity contribution in [1.29, 1.82) is 0 Å². The SMILES string of the molecule is CC(NC(=O)C(CCC(=O)O)NC(=O)C(CCCCN)NC(=O)C(N)Cc1c[nH]c2ccccc12)C(=O)O. The highest BCUT2D eigenvalue weighted by Gasteiger charge is 2.29. The predicted molar refractivity (Wildman–Crippen MR) is 139 cm³/mol. The van der Waals surface area contributed by atoms with Gasteiger partial charge in [-0.15, -0.1) is 0 Å². The third-order valence-electron chi connectivity index (χ3n) is 6.04. The minimum absolute atomic E-state index is 0.202. The quantitative estimate of drug-likeness (QED) is 0.131. The number of carboxylic acids is 2. The number of aromatic nitrogens is 1. The molecule has 0 aliphatic rings. The van der Waals surface area contributed by atoms with E-state index in [1.807, 2.05) is 24.3 Å². The summed E-state index contributed by atoms with van der Waals surface area (Å²) >= 11 is 0. The molecule has 0 fully saturated rings. The third kappa shape index (κ3) is 9.16. The van der Waals surface area contributed by atoms with Gasteiger partial charge in [0.25, 0.3) is 0 Å². The van der Waals surface area contributed by atoms with Gasteiger partial charge in [0.05, 0.1) is 6.04 Å². The second-order valence-corrected chi connectivity index (χ2v) is 9.08. The van der Waals surface area contributed by atoms with Crippen LogP contribution in [0.4, 0.5) is 0 Å². The van der Waals surface area contributed by atoms with E-state index in [1.165, 1.54) is 6.92 Å². The fourth-order valence-corrected chi connectivity index (χ4v) is 3.86. The van der Waals surface area contributed by atoms with Crippen LogP contribution in [0.2, 0.25) is 0 Å². The van der Waals surface area contributed by atoms with Crippen LogP contribution in [0.1, 0.15) is 44.6 Å². The molecule has 13 heteroatoms. The Morgan fingerprint density at radius 3 is 2.21 bits per heavy atom. The number of aromatic amines is 1. The Kier molecular flexibility index (Phi) is 11.7. The standard InChI is InChI=1S/C25H36N6O7/c1-14(25(37)38)29-23(35)20(9-10-21(32)33)31-24(36)19(8-4-5-11-26)30-22(34)17(27)12-15-13-28-18-7-3-2-6-16(15)18/h2-3,6-7,13-14,17,19-20,28H,4-5,8-12,26-27H2,1H3,(H,29,35)(H,30,34)(H,31,36)(H,32,33)(H,37,38). The van der Waals surface area contributed by atoms with Crippen LogP contribution < -0.4 is 27.4 Å². The molecule has 0 aliphatic carbocycles. The van der Waals surface area contributed by atoms with Gasteiger partial charge in [0.1, 0.15) is 18.1 Å². The second-order valence-electron chi connectivity index (χ2n) is 9.08. The van der Waals surface area contributed by atoms with Crippen molar-refractivity contribution in [3.05, 3.63) is 36.0 Å². The molecule has 1 aromatic carbocycles. The number of carbonyl (C=O) groups excluding carboxylic acids is 3. The number of aliphatic carboxylic acids is 2. The topological polar surface area (TPSA) is 230 Å². The maximum Gasteiger partial charge on any atom is 0.325 e. The first kappa shape index (κ1) is 30.3. The average Bonchev–Trinajstić information content (AvgIpc) is 3.28. The summed E-state index contributed by atoms with van der Waals surface area (Å²) in [6.07, 6.45) is 2.54. The lowest BCUT2D eigenvalue weighted by Gasteiger charge is -2.24. The number of benzene rings is 1. The number of hydrogen-bond acceptors (Lipinski definition) is 7. The maximum atomic E-state index is 13.1. The summed E-state index contributed by atoms with van der Waals surface area (Å²) in [5, 5.41) is 26.3.